The van der Waals surface area contributed by atoms with Gasteiger partial charge in [-0.15, -0.1) is 0 Å². The number of quaternary nitrogens is 1. The van der Waals surface area contributed by atoms with E-state index in [2.05, 4.69) is 13.8 Å². The summed E-state index contributed by atoms with van der Waals surface area (Å²) in [5, 5.41) is 0. The summed E-state index contributed by atoms with van der Waals surface area (Å²) in [7, 11) is 0. The molecule has 0 aromatic heterocycles. The van der Waals surface area contributed by atoms with Crippen LogP contribution in [0.15, 0.2) is 0 Å². The molecule has 1 N–H and O–H groups in total. The highest BCUT2D eigenvalue weighted by atomic mass is 16.7. The van der Waals surface area contributed by atoms with Gasteiger partial charge in [-0.25, -0.2) is 0 Å². The summed E-state index contributed by atoms with van der Waals surface area (Å²) in [6.45, 7) is 9.65. The van der Waals surface area contributed by atoms with Crippen LogP contribution in [0.2, 0.25) is 0 Å². The van der Waals surface area contributed by atoms with E-state index in [1.54, 1.807) is 4.90 Å². The molecule has 4 rings (SSSR count). The first-order chi connectivity index (χ1) is 10.6. The van der Waals surface area contributed by atoms with Crippen LogP contribution < -0.4 is 4.90 Å². The fourth-order valence-corrected chi connectivity index (χ4v) is 5.99. The van der Waals surface area contributed by atoms with Gasteiger partial charge in [0.1, 0.15) is 12.6 Å². The third-order valence-electron chi connectivity index (χ3n) is 7.39. The first kappa shape index (κ1) is 15.4. The molecule has 0 radical (unpaired) electrons. The normalized spacial score (nSPS) is 44.7. The summed E-state index contributed by atoms with van der Waals surface area (Å²) >= 11 is 0. The van der Waals surface area contributed by atoms with Gasteiger partial charge in [0.2, 0.25) is 0 Å². The number of fused-ring (bicyclic) bond motifs is 2. The van der Waals surface area contributed by atoms with E-state index in [0.29, 0.717) is 11.5 Å². The van der Waals surface area contributed by atoms with Crippen LogP contribution in [0.4, 0.5) is 0 Å². The van der Waals surface area contributed by atoms with Crippen LogP contribution in [0, 0.1) is 23.2 Å². The van der Waals surface area contributed by atoms with Crippen LogP contribution in [-0.4, -0.2) is 38.6 Å². The Morgan fingerprint density at radius 1 is 1.09 bits per heavy atom. The minimum absolute atomic E-state index is 0.0813. The van der Waals surface area contributed by atoms with E-state index < -0.39 is 0 Å². The molecule has 22 heavy (non-hydrogen) atoms. The Kier molecular flexibility index (Phi) is 4.25. The average Bonchev–Trinajstić information content (AvgIpc) is 3.19. The van der Waals surface area contributed by atoms with Crippen molar-refractivity contribution in [1.29, 1.82) is 0 Å². The van der Waals surface area contributed by atoms with Crippen LogP contribution in [0.5, 0.6) is 0 Å². The summed E-state index contributed by atoms with van der Waals surface area (Å²) in [5.41, 5.74) is 0.506. The van der Waals surface area contributed by atoms with Crippen LogP contribution in [0.3, 0.4) is 0 Å². The molecule has 126 valence electrons. The molecule has 2 aliphatic carbocycles. The highest BCUT2D eigenvalue weighted by Gasteiger charge is 2.53. The van der Waals surface area contributed by atoms with Gasteiger partial charge in [0.05, 0.1) is 19.7 Å². The highest BCUT2D eigenvalue weighted by molar-refractivity contribution is 5.01. The largest absolute Gasteiger partial charge is 0.350 e. The Labute approximate surface area is 135 Å². The predicted molar refractivity (Wildman–Crippen MR) is 86.7 cm³/mol. The molecule has 0 unspecified atom stereocenters. The number of hydrogen-bond acceptors (Lipinski definition) is 2. The lowest BCUT2D eigenvalue weighted by Crippen LogP contribution is -3.13. The number of nitrogens with one attached hydrogen (secondary N) is 1. The second kappa shape index (κ2) is 6.07. The monoisotopic (exact) mass is 308 g/mol. The molecule has 0 aromatic rings. The first-order valence-corrected chi connectivity index (χ1v) is 9.73. The zero-order chi connectivity index (χ0) is 15.2. The summed E-state index contributed by atoms with van der Waals surface area (Å²) in [5.74, 6) is 2.72. The molecule has 3 heteroatoms. The Morgan fingerprint density at radius 2 is 1.91 bits per heavy atom. The third kappa shape index (κ3) is 2.85. The fraction of sp³-hybridized carbons (Fsp3) is 1.00. The minimum Gasteiger partial charge on any atom is -0.350 e. The fourth-order valence-electron chi connectivity index (χ4n) is 5.99. The second-order valence-electron chi connectivity index (χ2n) is 8.97. The molecule has 4 aliphatic rings. The van der Waals surface area contributed by atoms with E-state index in [4.69, 9.17) is 9.47 Å². The zero-order valence-corrected chi connectivity index (χ0v) is 14.5. The average molecular weight is 308 g/mol. The second-order valence-corrected chi connectivity index (χ2v) is 8.97. The Morgan fingerprint density at radius 3 is 2.64 bits per heavy atom. The smallest absolute Gasteiger partial charge is 0.158 e. The maximum absolute atomic E-state index is 6.28. The molecular formula is C19H34NO2+. The SMILES string of the molecule is CC1(C)[C@@H]2CC[C@H](C2)[C@H]1C[C@H]1OC[C@H](C[NH+]2CCCCC2)O1. The topological polar surface area (TPSA) is 22.9 Å². The zero-order valence-electron chi connectivity index (χ0n) is 14.5. The van der Waals surface area contributed by atoms with Crippen molar-refractivity contribution in [3.63, 3.8) is 0 Å². The lowest BCUT2D eigenvalue weighted by Gasteiger charge is -2.39. The molecule has 2 saturated heterocycles. The van der Waals surface area contributed by atoms with Crippen LogP contribution in [0.1, 0.15) is 58.8 Å². The van der Waals surface area contributed by atoms with E-state index in [1.165, 1.54) is 51.6 Å². The number of rotatable bonds is 4. The molecule has 2 saturated carbocycles. The summed E-state index contributed by atoms with van der Waals surface area (Å²) < 4.78 is 12.3. The standard InChI is InChI=1S/C19H33NO2/c1-19(2)15-7-6-14(10-15)17(19)11-18-21-13-16(22-18)12-20-8-4-3-5-9-20/h14-18H,3-13H2,1-2H3/p+1/t14-,15-,16+,17-,18+/m1/s1. The predicted octanol–water partition coefficient (Wildman–Crippen LogP) is 2.26. The van der Waals surface area contributed by atoms with Gasteiger partial charge in [0, 0.05) is 6.42 Å². The molecule has 3 nitrogen and oxygen atoms in total. The first-order valence-electron chi connectivity index (χ1n) is 9.73. The van der Waals surface area contributed by atoms with Gasteiger partial charge in [-0.05, 0) is 61.7 Å². The van der Waals surface area contributed by atoms with Crippen LogP contribution >= 0.6 is 0 Å². The van der Waals surface area contributed by atoms with E-state index >= 15 is 0 Å². The molecular weight excluding hydrogens is 274 g/mol. The van der Waals surface area contributed by atoms with E-state index in [9.17, 15) is 0 Å². The van der Waals surface area contributed by atoms with E-state index in [1.807, 2.05) is 0 Å². The Bertz CT molecular complexity index is 391. The lowest BCUT2D eigenvalue weighted by atomic mass is 9.67. The molecule has 2 heterocycles. The molecule has 5 atom stereocenters. The maximum Gasteiger partial charge on any atom is 0.158 e. The van der Waals surface area contributed by atoms with Crippen molar-refractivity contribution in [1.82, 2.24) is 0 Å². The quantitative estimate of drug-likeness (QED) is 0.861. The van der Waals surface area contributed by atoms with Gasteiger partial charge < -0.3 is 14.4 Å². The summed E-state index contributed by atoms with van der Waals surface area (Å²) in [6, 6.07) is 0. The number of ether oxygens (including phenoxy) is 2. The van der Waals surface area contributed by atoms with Gasteiger partial charge in [-0.3, -0.25) is 0 Å². The molecule has 4 fully saturated rings. The number of hydrogen-bond donors (Lipinski definition) is 1. The number of likely N-dealkylation sites (tertiary alicyclic amines) is 1. The maximum atomic E-state index is 6.28. The van der Waals surface area contributed by atoms with Crippen molar-refractivity contribution in [3.8, 4) is 0 Å². The van der Waals surface area contributed by atoms with Crippen molar-refractivity contribution in [2.45, 2.75) is 71.2 Å². The molecule has 2 bridgehead atoms. The van der Waals surface area contributed by atoms with Crippen molar-refractivity contribution in [3.05, 3.63) is 0 Å². The molecule has 0 spiro atoms. The third-order valence-corrected chi connectivity index (χ3v) is 7.39. The van der Waals surface area contributed by atoms with Gasteiger partial charge in [-0.1, -0.05) is 13.8 Å². The van der Waals surface area contributed by atoms with Crippen LogP contribution in [-0.2, 0) is 9.47 Å². The Hall–Kier alpha value is -0.120. The Balaban J connectivity index is 1.28. The van der Waals surface area contributed by atoms with Crippen molar-refractivity contribution in [2.24, 2.45) is 23.2 Å². The van der Waals surface area contributed by atoms with Gasteiger partial charge in [-0.2, -0.15) is 0 Å². The molecule has 2 aliphatic heterocycles. The summed E-state index contributed by atoms with van der Waals surface area (Å²) in [4.78, 5) is 1.74. The summed E-state index contributed by atoms with van der Waals surface area (Å²) in [6.07, 6.45) is 10.2. The van der Waals surface area contributed by atoms with E-state index in [0.717, 1.165) is 37.3 Å². The van der Waals surface area contributed by atoms with Gasteiger partial charge in [0.25, 0.3) is 0 Å². The van der Waals surface area contributed by atoms with Crippen molar-refractivity contribution < 1.29 is 14.4 Å². The van der Waals surface area contributed by atoms with Gasteiger partial charge >= 0.3 is 0 Å². The lowest BCUT2D eigenvalue weighted by molar-refractivity contribution is -0.907. The van der Waals surface area contributed by atoms with Crippen molar-refractivity contribution >= 4 is 0 Å². The van der Waals surface area contributed by atoms with Crippen molar-refractivity contribution in [2.75, 3.05) is 26.2 Å². The minimum atomic E-state index is 0.0813. The number of piperidine rings is 1. The highest BCUT2D eigenvalue weighted by Crippen LogP contribution is 2.60. The van der Waals surface area contributed by atoms with Crippen LogP contribution in [0.25, 0.3) is 0 Å². The molecule has 0 aromatic carbocycles. The van der Waals surface area contributed by atoms with Gasteiger partial charge in [0.15, 0.2) is 6.29 Å². The van der Waals surface area contributed by atoms with E-state index in [-0.39, 0.29) is 6.29 Å². The molecule has 0 amide bonds.